The van der Waals surface area contributed by atoms with Crippen LogP contribution in [0.15, 0.2) is 41.1 Å². The number of hydrogen-bond acceptors (Lipinski definition) is 5. The lowest BCUT2D eigenvalue weighted by Gasteiger charge is -2.24. The fourth-order valence-electron chi connectivity index (χ4n) is 2.33. The van der Waals surface area contributed by atoms with Crippen LogP contribution in [0.5, 0.6) is 0 Å². The van der Waals surface area contributed by atoms with Crippen molar-refractivity contribution in [2.45, 2.75) is 19.4 Å². The summed E-state index contributed by atoms with van der Waals surface area (Å²) in [6.45, 7) is 3.28. The predicted molar refractivity (Wildman–Crippen MR) is 84.8 cm³/mol. The minimum absolute atomic E-state index is 0.0296. The van der Waals surface area contributed by atoms with E-state index in [2.05, 4.69) is 15.5 Å². The Hall–Kier alpha value is -2.80. The number of aromatic nitrogens is 2. The Morgan fingerprint density at radius 3 is 2.79 bits per heavy atom. The van der Waals surface area contributed by atoms with Gasteiger partial charge in [-0.1, -0.05) is 17.3 Å². The fourth-order valence-corrected chi connectivity index (χ4v) is 2.33. The minimum Gasteiger partial charge on any atom is -0.384 e. The number of hydrogen-bond donors (Lipinski definition) is 2. The third-order valence-electron chi connectivity index (χ3n) is 3.83. The van der Waals surface area contributed by atoms with Gasteiger partial charge in [0.2, 0.25) is 0 Å². The van der Waals surface area contributed by atoms with Gasteiger partial charge in [-0.3, -0.25) is 4.79 Å². The molecule has 0 aliphatic carbocycles. The number of nitrogens with one attached hydrogen (secondary N) is 1. The summed E-state index contributed by atoms with van der Waals surface area (Å²) < 4.78 is 18.0. The second-order valence-electron chi connectivity index (χ2n) is 5.81. The van der Waals surface area contributed by atoms with Crippen LogP contribution in [0.1, 0.15) is 28.5 Å². The normalized spacial score (nSPS) is 13.7. The van der Waals surface area contributed by atoms with E-state index in [4.69, 9.17) is 4.52 Å². The molecule has 1 unspecified atom stereocenters. The quantitative estimate of drug-likeness (QED) is 0.767. The number of aliphatic hydroxyl groups is 1. The number of amides is 1. The number of carbonyl (C=O) groups excluding carboxylic acids is 1. The van der Waals surface area contributed by atoms with Crippen LogP contribution in [0.3, 0.4) is 0 Å². The second kappa shape index (κ2) is 6.01. The molecule has 1 aromatic carbocycles. The molecule has 1 amide bonds. The van der Waals surface area contributed by atoms with Crippen LogP contribution in [-0.4, -0.2) is 27.7 Å². The number of rotatable bonds is 4. The zero-order chi connectivity index (χ0) is 17.3. The van der Waals surface area contributed by atoms with Gasteiger partial charge < -0.3 is 14.9 Å². The summed E-state index contributed by atoms with van der Waals surface area (Å²) in [4.78, 5) is 16.3. The van der Waals surface area contributed by atoms with E-state index in [1.807, 2.05) is 0 Å². The van der Waals surface area contributed by atoms with Gasteiger partial charge >= 0.3 is 0 Å². The Labute approximate surface area is 137 Å². The van der Waals surface area contributed by atoms with E-state index < -0.39 is 5.60 Å². The highest BCUT2D eigenvalue weighted by Gasteiger charge is 2.24. The molecule has 0 saturated heterocycles. The van der Waals surface area contributed by atoms with Gasteiger partial charge in [0.1, 0.15) is 11.4 Å². The highest BCUT2D eigenvalue weighted by molar-refractivity contribution is 5.97. The number of pyridine rings is 1. The van der Waals surface area contributed by atoms with Crippen molar-refractivity contribution in [3.8, 4) is 0 Å². The van der Waals surface area contributed by atoms with Gasteiger partial charge in [0, 0.05) is 6.20 Å². The number of aryl methyl sites for hydroxylation is 1. The average molecular weight is 329 g/mol. The Kier molecular flexibility index (Phi) is 4.02. The molecule has 0 aliphatic rings. The molecule has 0 radical (unpaired) electrons. The van der Waals surface area contributed by atoms with Gasteiger partial charge in [-0.25, -0.2) is 9.37 Å². The summed E-state index contributed by atoms with van der Waals surface area (Å²) in [5.74, 6) is -0.769. The molecule has 124 valence electrons. The van der Waals surface area contributed by atoms with Crippen LogP contribution in [0.2, 0.25) is 0 Å². The summed E-state index contributed by atoms with van der Waals surface area (Å²) in [6.07, 6.45) is 1.38. The van der Waals surface area contributed by atoms with Gasteiger partial charge in [-0.15, -0.1) is 0 Å². The summed E-state index contributed by atoms with van der Waals surface area (Å²) in [7, 11) is 0. The molecule has 24 heavy (non-hydrogen) atoms. The van der Waals surface area contributed by atoms with Crippen molar-refractivity contribution in [1.82, 2.24) is 15.5 Å². The highest BCUT2D eigenvalue weighted by Crippen LogP contribution is 2.21. The number of fused-ring (bicyclic) bond motifs is 1. The van der Waals surface area contributed by atoms with Crippen LogP contribution in [-0.2, 0) is 5.60 Å². The molecule has 6 nitrogen and oxygen atoms in total. The summed E-state index contributed by atoms with van der Waals surface area (Å²) >= 11 is 0. The molecule has 2 aromatic heterocycles. The summed E-state index contributed by atoms with van der Waals surface area (Å²) in [5.41, 5.74) is 0.526. The minimum atomic E-state index is -1.33. The standard InChI is InChI=1S/C17H16FN3O3/c1-10-14-7-11(8-19-16(14)24-21-10)15(22)20-9-17(2,23)12-3-5-13(18)6-4-12/h3-8,23H,9H2,1-2H3,(H,20,22). The summed E-state index contributed by atoms with van der Waals surface area (Å²) in [5, 5.41) is 17.6. The van der Waals surface area contributed by atoms with E-state index in [-0.39, 0.29) is 18.3 Å². The molecule has 3 aromatic rings. The monoisotopic (exact) mass is 329 g/mol. The van der Waals surface area contributed by atoms with Crippen LogP contribution in [0.4, 0.5) is 4.39 Å². The van der Waals surface area contributed by atoms with Gasteiger partial charge in [0.05, 0.1) is 23.2 Å². The molecule has 2 heterocycles. The lowest BCUT2D eigenvalue weighted by molar-refractivity contribution is 0.0526. The first-order chi connectivity index (χ1) is 11.4. The Morgan fingerprint density at radius 2 is 2.08 bits per heavy atom. The van der Waals surface area contributed by atoms with Crippen molar-refractivity contribution in [3.63, 3.8) is 0 Å². The summed E-state index contributed by atoms with van der Waals surface area (Å²) in [6, 6.07) is 7.12. The van der Waals surface area contributed by atoms with Crippen molar-refractivity contribution < 1.29 is 18.8 Å². The number of benzene rings is 1. The lowest BCUT2D eigenvalue weighted by atomic mass is 9.96. The largest absolute Gasteiger partial charge is 0.384 e. The first-order valence-corrected chi connectivity index (χ1v) is 7.35. The van der Waals surface area contributed by atoms with E-state index in [1.54, 1.807) is 19.9 Å². The first-order valence-electron chi connectivity index (χ1n) is 7.35. The lowest BCUT2D eigenvalue weighted by Crippen LogP contribution is -2.38. The molecular weight excluding hydrogens is 313 g/mol. The maximum absolute atomic E-state index is 13.0. The number of carbonyl (C=O) groups is 1. The van der Waals surface area contributed by atoms with Gasteiger partial charge in [-0.05, 0) is 37.6 Å². The van der Waals surface area contributed by atoms with E-state index in [0.717, 1.165) is 0 Å². The topological polar surface area (TPSA) is 88.2 Å². The molecular formula is C17H16FN3O3. The van der Waals surface area contributed by atoms with Crippen molar-refractivity contribution >= 4 is 17.0 Å². The SMILES string of the molecule is Cc1noc2ncc(C(=O)NCC(C)(O)c3ccc(F)cc3)cc12. The van der Waals surface area contributed by atoms with Crippen molar-refractivity contribution in [2.75, 3.05) is 6.54 Å². The fraction of sp³-hybridized carbons (Fsp3) is 0.235. The van der Waals surface area contributed by atoms with Crippen LogP contribution in [0.25, 0.3) is 11.1 Å². The van der Waals surface area contributed by atoms with Crippen molar-refractivity contribution in [3.05, 3.63) is 59.2 Å². The molecule has 3 rings (SSSR count). The van der Waals surface area contributed by atoms with Crippen LogP contribution < -0.4 is 5.32 Å². The predicted octanol–water partition coefficient (Wildman–Crippen LogP) is 2.31. The number of nitrogens with zero attached hydrogens (tertiary/aromatic N) is 2. The molecule has 0 bridgehead atoms. The van der Waals surface area contributed by atoms with Gasteiger partial charge in [0.15, 0.2) is 0 Å². The van der Waals surface area contributed by atoms with Gasteiger partial charge in [0.25, 0.3) is 11.6 Å². The van der Waals surface area contributed by atoms with Crippen molar-refractivity contribution in [2.24, 2.45) is 0 Å². The molecule has 0 spiro atoms. The molecule has 1 atom stereocenters. The second-order valence-corrected chi connectivity index (χ2v) is 5.81. The molecule has 2 N–H and O–H groups in total. The van der Waals surface area contributed by atoms with Crippen LogP contribution >= 0.6 is 0 Å². The molecule has 0 fully saturated rings. The zero-order valence-corrected chi connectivity index (χ0v) is 13.2. The molecule has 7 heteroatoms. The molecule has 0 aliphatic heterocycles. The highest BCUT2D eigenvalue weighted by atomic mass is 19.1. The first kappa shape index (κ1) is 16.1. The Balaban J connectivity index is 1.73. The van der Waals surface area contributed by atoms with Crippen LogP contribution in [0, 0.1) is 12.7 Å². The van der Waals surface area contributed by atoms with E-state index >= 15 is 0 Å². The Morgan fingerprint density at radius 1 is 1.38 bits per heavy atom. The van der Waals surface area contributed by atoms with E-state index in [9.17, 15) is 14.3 Å². The average Bonchev–Trinajstić information content (AvgIpc) is 2.94. The van der Waals surface area contributed by atoms with E-state index in [1.165, 1.54) is 30.5 Å². The zero-order valence-electron chi connectivity index (χ0n) is 13.2. The Bertz CT molecular complexity index is 888. The van der Waals surface area contributed by atoms with E-state index in [0.29, 0.717) is 27.9 Å². The van der Waals surface area contributed by atoms with Gasteiger partial charge in [-0.2, -0.15) is 0 Å². The van der Waals surface area contributed by atoms with Crippen molar-refractivity contribution in [1.29, 1.82) is 0 Å². The smallest absolute Gasteiger partial charge is 0.257 e. The molecule has 0 saturated carbocycles. The third-order valence-corrected chi connectivity index (χ3v) is 3.83. The maximum Gasteiger partial charge on any atom is 0.257 e. The number of halogens is 1. The maximum atomic E-state index is 13.0. The third kappa shape index (κ3) is 3.11.